The van der Waals surface area contributed by atoms with Crippen LogP contribution in [0.3, 0.4) is 0 Å². The van der Waals surface area contributed by atoms with Crippen molar-refractivity contribution in [2.45, 2.75) is 39.2 Å². The Bertz CT molecular complexity index is 923. The lowest BCUT2D eigenvalue weighted by molar-refractivity contribution is 0.100. The molecular weight excluding hydrogens is 360 g/mol. The number of hydrogen-bond donors (Lipinski definition) is 3. The fourth-order valence-electron chi connectivity index (χ4n) is 3.14. The second-order valence-electron chi connectivity index (χ2n) is 7.10. The average Bonchev–Trinajstić information content (AvgIpc) is 2.74. The van der Waals surface area contributed by atoms with E-state index in [0.29, 0.717) is 23.6 Å². The van der Waals surface area contributed by atoms with Crippen LogP contribution in [0.25, 0.3) is 0 Å². The fourth-order valence-corrected chi connectivity index (χ4v) is 3.14. The molecule has 29 heavy (non-hydrogen) atoms. The molecule has 5 heteroatoms. The number of pyridine rings is 1. The summed E-state index contributed by atoms with van der Waals surface area (Å²) in [5.41, 5.74) is 9.96. The van der Waals surface area contributed by atoms with Gasteiger partial charge < -0.3 is 16.4 Å². The third-order valence-corrected chi connectivity index (χ3v) is 4.79. The highest BCUT2D eigenvalue weighted by Crippen LogP contribution is 2.23. The summed E-state index contributed by atoms with van der Waals surface area (Å²) < 4.78 is 0. The van der Waals surface area contributed by atoms with Crippen LogP contribution in [-0.2, 0) is 13.0 Å². The summed E-state index contributed by atoms with van der Waals surface area (Å²) in [6.45, 7) is 2.81. The number of rotatable bonds is 10. The first-order chi connectivity index (χ1) is 14.2. The second kappa shape index (κ2) is 10.3. The quantitative estimate of drug-likeness (QED) is 0.413. The topological polar surface area (TPSA) is 80.0 Å². The van der Waals surface area contributed by atoms with Crippen molar-refractivity contribution in [2.24, 2.45) is 5.73 Å². The Hall–Kier alpha value is -3.34. The van der Waals surface area contributed by atoms with Crippen molar-refractivity contribution in [3.8, 4) is 0 Å². The Kier molecular flexibility index (Phi) is 7.22. The number of nitrogens with zero attached hydrogens (tertiary/aromatic N) is 1. The summed E-state index contributed by atoms with van der Waals surface area (Å²) in [6, 6.07) is 20.2. The summed E-state index contributed by atoms with van der Waals surface area (Å²) in [6.07, 6.45) is 6.32. The zero-order valence-electron chi connectivity index (χ0n) is 16.8. The maximum absolute atomic E-state index is 11.8. The van der Waals surface area contributed by atoms with Gasteiger partial charge in [0.15, 0.2) is 0 Å². The lowest BCUT2D eigenvalue weighted by Gasteiger charge is -2.13. The highest BCUT2D eigenvalue weighted by molar-refractivity contribution is 5.98. The van der Waals surface area contributed by atoms with E-state index in [9.17, 15) is 4.79 Å². The summed E-state index contributed by atoms with van der Waals surface area (Å²) in [7, 11) is 0. The van der Waals surface area contributed by atoms with Crippen LogP contribution >= 0.6 is 0 Å². The van der Waals surface area contributed by atoms with Gasteiger partial charge in [-0.2, -0.15) is 0 Å². The van der Waals surface area contributed by atoms with Crippen LogP contribution < -0.4 is 16.4 Å². The average molecular weight is 389 g/mol. The lowest BCUT2D eigenvalue weighted by atomic mass is 10.1. The summed E-state index contributed by atoms with van der Waals surface area (Å²) in [5.74, 6) is 0.153. The lowest BCUT2D eigenvalue weighted by Crippen LogP contribution is -2.15. The number of amides is 1. The second-order valence-corrected chi connectivity index (χ2v) is 7.10. The molecule has 0 saturated carbocycles. The van der Waals surface area contributed by atoms with Gasteiger partial charge in [-0.05, 0) is 36.1 Å². The van der Waals surface area contributed by atoms with Crippen molar-refractivity contribution in [1.82, 2.24) is 4.98 Å². The van der Waals surface area contributed by atoms with Crippen LogP contribution in [0.5, 0.6) is 0 Å². The molecule has 0 atom stereocenters. The number of nitrogens with one attached hydrogen (secondary N) is 2. The Morgan fingerprint density at radius 1 is 1.00 bits per heavy atom. The maximum atomic E-state index is 11.8. The van der Waals surface area contributed by atoms with Crippen molar-refractivity contribution < 1.29 is 4.79 Å². The van der Waals surface area contributed by atoms with Gasteiger partial charge in [0.05, 0.1) is 11.3 Å². The van der Waals surface area contributed by atoms with Crippen LogP contribution in [0.2, 0.25) is 0 Å². The van der Waals surface area contributed by atoms with Crippen molar-refractivity contribution in [2.75, 3.05) is 10.6 Å². The Morgan fingerprint density at radius 2 is 1.76 bits per heavy atom. The number of aromatic nitrogens is 1. The minimum Gasteiger partial charge on any atom is -0.380 e. The molecule has 0 bridgehead atoms. The van der Waals surface area contributed by atoms with Gasteiger partial charge in [-0.1, -0.05) is 62.2 Å². The molecule has 2 aromatic carbocycles. The van der Waals surface area contributed by atoms with Gasteiger partial charge in [0.1, 0.15) is 5.82 Å². The van der Waals surface area contributed by atoms with Gasteiger partial charge in [0.25, 0.3) is 5.91 Å². The maximum Gasteiger partial charge on any atom is 0.252 e. The first-order valence-corrected chi connectivity index (χ1v) is 10.1. The molecule has 0 radical (unpaired) electrons. The van der Waals surface area contributed by atoms with Gasteiger partial charge in [-0.3, -0.25) is 4.79 Å². The largest absolute Gasteiger partial charge is 0.380 e. The van der Waals surface area contributed by atoms with E-state index in [0.717, 1.165) is 17.7 Å². The first-order valence-electron chi connectivity index (χ1n) is 10.1. The van der Waals surface area contributed by atoms with Crippen LogP contribution in [0, 0.1) is 0 Å². The normalized spacial score (nSPS) is 10.5. The van der Waals surface area contributed by atoms with Crippen LogP contribution in [0.1, 0.15) is 47.7 Å². The van der Waals surface area contributed by atoms with Crippen molar-refractivity contribution in [3.05, 3.63) is 83.6 Å². The molecule has 1 amide bonds. The van der Waals surface area contributed by atoms with E-state index in [1.807, 2.05) is 36.4 Å². The van der Waals surface area contributed by atoms with Gasteiger partial charge in [0.2, 0.25) is 0 Å². The number of aryl methyl sites for hydroxylation is 1. The summed E-state index contributed by atoms with van der Waals surface area (Å²) >= 11 is 0. The van der Waals surface area contributed by atoms with Gasteiger partial charge >= 0.3 is 0 Å². The fraction of sp³-hybridized carbons (Fsp3) is 0.250. The van der Waals surface area contributed by atoms with Crippen molar-refractivity contribution in [1.29, 1.82) is 0 Å². The number of carbonyl (C=O) groups excluding carboxylic acids is 1. The molecule has 0 fully saturated rings. The minimum atomic E-state index is -0.504. The van der Waals surface area contributed by atoms with E-state index in [1.54, 1.807) is 0 Å². The van der Waals surface area contributed by atoms with Gasteiger partial charge in [0, 0.05) is 24.5 Å². The van der Waals surface area contributed by atoms with E-state index in [4.69, 9.17) is 5.73 Å². The predicted octanol–water partition coefficient (Wildman–Crippen LogP) is 5.27. The molecule has 3 aromatic rings. The molecule has 1 aromatic heterocycles. The highest BCUT2D eigenvalue weighted by atomic mass is 16.1. The number of unbranched alkanes of at least 4 members (excludes halogenated alkanes) is 2. The van der Waals surface area contributed by atoms with E-state index in [2.05, 4.69) is 46.8 Å². The molecule has 0 spiro atoms. The molecule has 4 N–H and O–H groups in total. The van der Waals surface area contributed by atoms with Crippen LogP contribution in [0.4, 0.5) is 17.2 Å². The van der Waals surface area contributed by atoms with Gasteiger partial charge in [-0.15, -0.1) is 0 Å². The molecule has 0 saturated heterocycles. The molecule has 0 aliphatic heterocycles. The van der Waals surface area contributed by atoms with Crippen LogP contribution in [-0.4, -0.2) is 10.9 Å². The van der Waals surface area contributed by atoms with Gasteiger partial charge in [-0.25, -0.2) is 4.98 Å². The third-order valence-electron chi connectivity index (χ3n) is 4.79. The molecule has 150 valence electrons. The standard InChI is InChI=1S/C24H28N4O/c1-2-3-5-8-18-11-13-20(14-12-18)28-23-15-22(21(17-27-23)24(25)29)26-16-19-9-6-4-7-10-19/h4,6-7,9-15,17H,2-3,5,8,16H2,1H3,(H2,25,29)(H2,26,27,28). The number of hydrogen-bond acceptors (Lipinski definition) is 4. The first kappa shape index (κ1) is 20.4. The summed E-state index contributed by atoms with van der Waals surface area (Å²) in [5, 5.41) is 6.59. The number of nitrogens with two attached hydrogens (primary N) is 1. The highest BCUT2D eigenvalue weighted by Gasteiger charge is 2.10. The van der Waals surface area contributed by atoms with E-state index in [-0.39, 0.29) is 0 Å². The smallest absolute Gasteiger partial charge is 0.252 e. The SMILES string of the molecule is CCCCCc1ccc(Nc2cc(NCc3ccccc3)c(C(N)=O)cn2)cc1. The predicted molar refractivity (Wildman–Crippen MR) is 119 cm³/mol. The Balaban J connectivity index is 1.70. The Morgan fingerprint density at radius 3 is 2.45 bits per heavy atom. The monoisotopic (exact) mass is 388 g/mol. The van der Waals surface area contributed by atoms with E-state index >= 15 is 0 Å². The zero-order valence-corrected chi connectivity index (χ0v) is 16.8. The minimum absolute atomic E-state index is 0.373. The summed E-state index contributed by atoms with van der Waals surface area (Å²) in [4.78, 5) is 16.1. The molecule has 5 nitrogen and oxygen atoms in total. The van der Waals surface area contributed by atoms with Crippen molar-refractivity contribution >= 4 is 23.1 Å². The molecule has 0 aliphatic rings. The molecule has 1 heterocycles. The number of primary amides is 1. The number of carbonyl (C=O) groups is 1. The van der Waals surface area contributed by atoms with Crippen LogP contribution in [0.15, 0.2) is 66.9 Å². The Labute approximate surface area is 172 Å². The van der Waals surface area contributed by atoms with Crippen molar-refractivity contribution in [3.63, 3.8) is 0 Å². The third kappa shape index (κ3) is 6.07. The molecular formula is C24H28N4O. The molecule has 0 aliphatic carbocycles. The zero-order chi connectivity index (χ0) is 20.5. The molecule has 0 unspecified atom stereocenters. The van der Waals surface area contributed by atoms with E-state index in [1.165, 1.54) is 31.0 Å². The van der Waals surface area contributed by atoms with E-state index < -0.39 is 5.91 Å². The molecule has 3 rings (SSSR count). The number of anilines is 3. The number of benzene rings is 2.